The van der Waals surface area contributed by atoms with E-state index in [9.17, 15) is 4.79 Å². The summed E-state index contributed by atoms with van der Waals surface area (Å²) in [5, 5.41) is 13.2. The summed E-state index contributed by atoms with van der Waals surface area (Å²) in [5.41, 5.74) is 1.07. The molecule has 0 aliphatic heterocycles. The average molecular weight is 265 g/mol. The highest BCUT2D eigenvalue weighted by molar-refractivity contribution is 5.66. The number of hydrogen-bond acceptors (Lipinski definition) is 3. The fraction of sp³-hybridized carbons (Fsp3) is 0.714. The summed E-state index contributed by atoms with van der Waals surface area (Å²) < 4.78 is 2.10. The SMILES string of the molecule is CN(CCCC(=O)O)Cc1ccn(C2CCCC2)n1. The molecule has 0 radical (unpaired) electrons. The topological polar surface area (TPSA) is 58.4 Å². The van der Waals surface area contributed by atoms with Crippen LogP contribution in [0.3, 0.4) is 0 Å². The third-order valence-electron chi connectivity index (χ3n) is 3.72. The van der Waals surface area contributed by atoms with Gasteiger partial charge in [0.1, 0.15) is 0 Å². The van der Waals surface area contributed by atoms with Gasteiger partial charge in [-0.25, -0.2) is 0 Å². The first-order valence-corrected chi connectivity index (χ1v) is 7.09. The zero-order chi connectivity index (χ0) is 13.7. The zero-order valence-corrected chi connectivity index (χ0v) is 11.6. The highest BCUT2D eigenvalue weighted by Crippen LogP contribution is 2.28. The maximum atomic E-state index is 10.5. The number of nitrogens with zero attached hydrogens (tertiary/aromatic N) is 3. The largest absolute Gasteiger partial charge is 0.481 e. The third kappa shape index (κ3) is 4.35. The van der Waals surface area contributed by atoms with Crippen molar-refractivity contribution in [2.75, 3.05) is 13.6 Å². The second-order valence-corrected chi connectivity index (χ2v) is 5.46. The minimum atomic E-state index is -0.723. The van der Waals surface area contributed by atoms with E-state index in [2.05, 4.69) is 26.9 Å². The Morgan fingerprint density at radius 3 is 2.95 bits per heavy atom. The molecule has 5 nitrogen and oxygen atoms in total. The molecule has 1 N–H and O–H groups in total. The molecule has 0 unspecified atom stereocenters. The van der Waals surface area contributed by atoms with Crippen molar-refractivity contribution in [2.24, 2.45) is 0 Å². The van der Waals surface area contributed by atoms with E-state index >= 15 is 0 Å². The van der Waals surface area contributed by atoms with Crippen molar-refractivity contribution in [1.29, 1.82) is 0 Å². The van der Waals surface area contributed by atoms with Crippen molar-refractivity contribution in [3.05, 3.63) is 18.0 Å². The molecule has 1 heterocycles. The summed E-state index contributed by atoms with van der Waals surface area (Å²) in [7, 11) is 2.01. The second kappa shape index (κ2) is 6.70. The minimum absolute atomic E-state index is 0.237. The first-order chi connectivity index (χ1) is 9.15. The molecule has 1 aromatic heterocycles. The molecule has 0 saturated heterocycles. The molecule has 0 amide bonds. The van der Waals surface area contributed by atoms with E-state index in [1.165, 1.54) is 25.7 Å². The summed E-state index contributed by atoms with van der Waals surface area (Å²) in [6.07, 6.45) is 8.13. The van der Waals surface area contributed by atoms with E-state index in [4.69, 9.17) is 5.11 Å². The van der Waals surface area contributed by atoms with E-state index in [0.29, 0.717) is 12.5 Å². The molecular formula is C14H23N3O2. The second-order valence-electron chi connectivity index (χ2n) is 5.46. The summed E-state index contributed by atoms with van der Waals surface area (Å²) >= 11 is 0. The Morgan fingerprint density at radius 1 is 1.53 bits per heavy atom. The molecule has 1 fully saturated rings. The summed E-state index contributed by atoms with van der Waals surface area (Å²) in [4.78, 5) is 12.6. The maximum absolute atomic E-state index is 10.5. The van der Waals surface area contributed by atoms with Gasteiger partial charge in [-0.1, -0.05) is 12.8 Å². The molecule has 0 bridgehead atoms. The molecule has 0 atom stereocenters. The summed E-state index contributed by atoms with van der Waals surface area (Å²) in [5.74, 6) is -0.723. The Balaban J connectivity index is 1.77. The zero-order valence-electron chi connectivity index (χ0n) is 11.6. The van der Waals surface area contributed by atoms with Crippen LogP contribution in [-0.2, 0) is 11.3 Å². The van der Waals surface area contributed by atoms with E-state index in [1.54, 1.807) is 0 Å². The van der Waals surface area contributed by atoms with E-state index in [1.807, 2.05) is 7.05 Å². The first-order valence-electron chi connectivity index (χ1n) is 7.09. The highest BCUT2D eigenvalue weighted by atomic mass is 16.4. The van der Waals surface area contributed by atoms with Gasteiger partial charge in [-0.3, -0.25) is 9.48 Å². The van der Waals surface area contributed by atoms with Crippen molar-refractivity contribution < 1.29 is 9.90 Å². The van der Waals surface area contributed by atoms with Crippen LogP contribution in [0, 0.1) is 0 Å². The van der Waals surface area contributed by atoms with Crippen molar-refractivity contribution in [3.63, 3.8) is 0 Å². The third-order valence-corrected chi connectivity index (χ3v) is 3.72. The predicted molar refractivity (Wildman–Crippen MR) is 72.9 cm³/mol. The molecule has 19 heavy (non-hydrogen) atoms. The predicted octanol–water partition coefficient (Wildman–Crippen LogP) is 2.29. The van der Waals surface area contributed by atoms with Crippen molar-refractivity contribution >= 4 is 5.97 Å². The number of hydrogen-bond donors (Lipinski definition) is 1. The lowest BCUT2D eigenvalue weighted by Gasteiger charge is -2.14. The van der Waals surface area contributed by atoms with Crippen LogP contribution in [0.5, 0.6) is 0 Å². The molecule has 0 spiro atoms. The molecule has 106 valence electrons. The maximum Gasteiger partial charge on any atom is 0.303 e. The minimum Gasteiger partial charge on any atom is -0.481 e. The van der Waals surface area contributed by atoms with Gasteiger partial charge in [0.15, 0.2) is 0 Å². The molecular weight excluding hydrogens is 242 g/mol. The number of aromatic nitrogens is 2. The van der Waals surface area contributed by atoms with Crippen molar-refractivity contribution in [1.82, 2.24) is 14.7 Å². The van der Waals surface area contributed by atoms with Gasteiger partial charge in [-0.05, 0) is 38.9 Å². The van der Waals surface area contributed by atoms with Gasteiger partial charge >= 0.3 is 5.97 Å². The van der Waals surface area contributed by atoms with Gasteiger partial charge in [0.25, 0.3) is 0 Å². The smallest absolute Gasteiger partial charge is 0.303 e. The average Bonchev–Trinajstić information content (AvgIpc) is 2.97. The molecule has 1 aliphatic rings. The number of rotatable bonds is 7. The molecule has 1 saturated carbocycles. The molecule has 0 aromatic carbocycles. The van der Waals surface area contributed by atoms with Gasteiger partial charge in [-0.15, -0.1) is 0 Å². The molecule has 5 heteroatoms. The Labute approximate surface area is 114 Å². The lowest BCUT2D eigenvalue weighted by molar-refractivity contribution is -0.137. The Kier molecular flexibility index (Phi) is 4.96. The summed E-state index contributed by atoms with van der Waals surface area (Å²) in [6.45, 7) is 1.59. The number of carboxylic acids is 1. The van der Waals surface area contributed by atoms with Crippen LogP contribution in [0.1, 0.15) is 50.3 Å². The lowest BCUT2D eigenvalue weighted by atomic mass is 10.3. The number of aliphatic carboxylic acids is 1. The van der Waals surface area contributed by atoms with Crippen LogP contribution in [0.2, 0.25) is 0 Å². The molecule has 1 aliphatic carbocycles. The Hall–Kier alpha value is -1.36. The summed E-state index contributed by atoms with van der Waals surface area (Å²) in [6, 6.07) is 2.66. The van der Waals surface area contributed by atoms with Crippen LogP contribution < -0.4 is 0 Å². The van der Waals surface area contributed by atoms with Crippen molar-refractivity contribution in [2.45, 2.75) is 51.1 Å². The van der Waals surface area contributed by atoms with Gasteiger partial charge in [0.05, 0.1) is 11.7 Å². The standard InChI is InChI=1S/C14H23N3O2/c1-16(9-4-7-14(18)19)11-12-8-10-17(15-12)13-5-2-3-6-13/h8,10,13H,2-7,9,11H2,1H3,(H,18,19). The van der Waals surface area contributed by atoms with Gasteiger partial charge in [0.2, 0.25) is 0 Å². The number of carboxylic acid groups (broad SMARTS) is 1. The van der Waals surface area contributed by atoms with Crippen LogP contribution in [0.15, 0.2) is 12.3 Å². The monoisotopic (exact) mass is 265 g/mol. The highest BCUT2D eigenvalue weighted by Gasteiger charge is 2.17. The van der Waals surface area contributed by atoms with Crippen LogP contribution >= 0.6 is 0 Å². The Morgan fingerprint density at radius 2 is 2.26 bits per heavy atom. The van der Waals surface area contributed by atoms with E-state index < -0.39 is 5.97 Å². The van der Waals surface area contributed by atoms with Crippen LogP contribution in [0.4, 0.5) is 0 Å². The fourth-order valence-electron chi connectivity index (χ4n) is 2.69. The lowest BCUT2D eigenvalue weighted by Crippen LogP contribution is -2.20. The molecule has 1 aromatic rings. The van der Waals surface area contributed by atoms with E-state index in [0.717, 1.165) is 18.8 Å². The van der Waals surface area contributed by atoms with Crippen molar-refractivity contribution in [3.8, 4) is 0 Å². The number of carbonyl (C=O) groups is 1. The normalized spacial score (nSPS) is 16.3. The van der Waals surface area contributed by atoms with Crippen LogP contribution in [-0.4, -0.2) is 39.3 Å². The Bertz CT molecular complexity index is 411. The molecule has 2 rings (SSSR count). The van der Waals surface area contributed by atoms with Crippen LogP contribution in [0.25, 0.3) is 0 Å². The van der Waals surface area contributed by atoms with Gasteiger partial charge < -0.3 is 10.0 Å². The van der Waals surface area contributed by atoms with Gasteiger partial charge in [-0.2, -0.15) is 5.10 Å². The fourth-order valence-corrected chi connectivity index (χ4v) is 2.69. The quantitative estimate of drug-likeness (QED) is 0.822. The van der Waals surface area contributed by atoms with Gasteiger partial charge in [0, 0.05) is 19.2 Å². The van der Waals surface area contributed by atoms with E-state index in [-0.39, 0.29) is 6.42 Å². The first kappa shape index (κ1) is 14.1.